The molecule has 1 unspecified atom stereocenters. The normalized spacial score (nSPS) is 18.1. The Balaban J connectivity index is 1.95. The Hall–Kier alpha value is -1.82. The number of rotatable bonds is 4. The molecule has 1 atom stereocenters. The number of hydrogen-bond acceptors (Lipinski definition) is 4. The first-order valence-corrected chi connectivity index (χ1v) is 7.45. The molecule has 0 aromatic heterocycles. The number of benzene rings is 1. The van der Waals surface area contributed by atoms with Crippen molar-refractivity contribution in [1.29, 1.82) is 0 Å². The van der Waals surface area contributed by atoms with Gasteiger partial charge in [-0.2, -0.15) is 0 Å². The van der Waals surface area contributed by atoms with Gasteiger partial charge in [-0.15, -0.1) is 0 Å². The number of carbonyl (C=O) groups is 1. The number of hydrogen-bond donors (Lipinski definition) is 2. The number of carbonyl (C=O) groups excluding carboxylic acids is 1. The van der Waals surface area contributed by atoms with Crippen LogP contribution < -0.4 is 10.6 Å². The molecule has 2 N–H and O–H groups in total. The van der Waals surface area contributed by atoms with Gasteiger partial charge in [0.05, 0.1) is 12.3 Å². The second-order valence-electron chi connectivity index (χ2n) is 6.43. The quantitative estimate of drug-likeness (QED) is 0.891. The molecule has 122 valence electrons. The second-order valence-corrected chi connectivity index (χ2v) is 6.43. The third-order valence-corrected chi connectivity index (χ3v) is 3.22. The maximum Gasteiger partial charge on any atom is 0.412 e. The monoisotopic (exact) mass is 310 g/mol. The van der Waals surface area contributed by atoms with Gasteiger partial charge in [0.15, 0.2) is 0 Å². The number of nitrogens with one attached hydrogen (secondary N) is 2. The smallest absolute Gasteiger partial charge is 0.412 e. The Morgan fingerprint density at radius 1 is 1.45 bits per heavy atom. The van der Waals surface area contributed by atoms with E-state index in [0.29, 0.717) is 30.4 Å². The van der Waals surface area contributed by atoms with Crippen LogP contribution in [0.5, 0.6) is 0 Å². The van der Waals surface area contributed by atoms with Crippen LogP contribution in [0.25, 0.3) is 0 Å². The summed E-state index contributed by atoms with van der Waals surface area (Å²) in [4.78, 5) is 11.7. The first-order chi connectivity index (χ1) is 10.3. The highest BCUT2D eigenvalue weighted by atomic mass is 19.1. The van der Waals surface area contributed by atoms with Gasteiger partial charge >= 0.3 is 6.09 Å². The molecule has 2 rings (SSSR count). The molecule has 1 saturated heterocycles. The number of amides is 1. The van der Waals surface area contributed by atoms with E-state index in [-0.39, 0.29) is 5.82 Å². The topological polar surface area (TPSA) is 59.6 Å². The molecule has 0 spiro atoms. The van der Waals surface area contributed by atoms with Gasteiger partial charge in [0, 0.05) is 24.8 Å². The molecule has 1 amide bonds. The minimum atomic E-state index is -0.576. The van der Waals surface area contributed by atoms with Gasteiger partial charge in [0.25, 0.3) is 0 Å². The van der Waals surface area contributed by atoms with Crippen molar-refractivity contribution >= 4 is 17.5 Å². The molecular weight excluding hydrogens is 287 g/mol. The summed E-state index contributed by atoms with van der Waals surface area (Å²) in [7, 11) is 0. The van der Waals surface area contributed by atoms with Crippen LogP contribution in [-0.4, -0.2) is 31.5 Å². The van der Waals surface area contributed by atoms with Gasteiger partial charge in [-0.3, -0.25) is 5.32 Å². The van der Waals surface area contributed by atoms with Crippen LogP contribution in [0.1, 0.15) is 27.2 Å². The van der Waals surface area contributed by atoms with E-state index in [1.54, 1.807) is 26.8 Å². The Morgan fingerprint density at radius 2 is 2.23 bits per heavy atom. The zero-order valence-corrected chi connectivity index (χ0v) is 13.2. The third kappa shape index (κ3) is 5.18. The minimum Gasteiger partial charge on any atom is -0.444 e. The van der Waals surface area contributed by atoms with Crippen molar-refractivity contribution in [3.05, 3.63) is 24.0 Å². The highest BCUT2D eigenvalue weighted by molar-refractivity contribution is 5.85. The molecule has 0 saturated carbocycles. The van der Waals surface area contributed by atoms with E-state index in [1.165, 1.54) is 12.1 Å². The van der Waals surface area contributed by atoms with Crippen LogP contribution in [-0.2, 0) is 9.47 Å². The summed E-state index contributed by atoms with van der Waals surface area (Å²) in [6, 6.07) is 4.39. The van der Waals surface area contributed by atoms with Crippen LogP contribution in [0.3, 0.4) is 0 Å². The predicted molar refractivity (Wildman–Crippen MR) is 83.7 cm³/mol. The Kier molecular flexibility index (Phi) is 5.24. The number of ether oxygens (including phenoxy) is 2. The van der Waals surface area contributed by atoms with Crippen molar-refractivity contribution in [2.24, 2.45) is 5.92 Å². The molecule has 6 heteroatoms. The number of anilines is 2. The van der Waals surface area contributed by atoms with Crippen molar-refractivity contribution in [3.8, 4) is 0 Å². The average Bonchev–Trinajstić information content (AvgIpc) is 2.90. The van der Waals surface area contributed by atoms with Crippen LogP contribution >= 0.6 is 0 Å². The SMILES string of the molecule is CC(C)(C)OC(=O)Nc1ccc(F)c(NCC2CCOC2)c1. The Morgan fingerprint density at radius 3 is 2.86 bits per heavy atom. The molecule has 0 bridgehead atoms. The first-order valence-electron chi connectivity index (χ1n) is 7.45. The maximum absolute atomic E-state index is 13.8. The summed E-state index contributed by atoms with van der Waals surface area (Å²) >= 11 is 0. The summed E-state index contributed by atoms with van der Waals surface area (Å²) in [5, 5.41) is 5.67. The molecule has 1 aliphatic rings. The van der Waals surface area contributed by atoms with Crippen molar-refractivity contribution in [1.82, 2.24) is 0 Å². The summed E-state index contributed by atoms with van der Waals surface area (Å²) in [6.07, 6.45) is 0.416. The van der Waals surface area contributed by atoms with E-state index in [2.05, 4.69) is 10.6 Å². The fourth-order valence-electron chi connectivity index (χ4n) is 2.16. The lowest BCUT2D eigenvalue weighted by Crippen LogP contribution is -2.27. The molecule has 1 aromatic rings. The highest BCUT2D eigenvalue weighted by Crippen LogP contribution is 2.22. The van der Waals surface area contributed by atoms with Crippen molar-refractivity contribution in [2.45, 2.75) is 32.8 Å². The van der Waals surface area contributed by atoms with Crippen LogP contribution in [0, 0.1) is 11.7 Å². The van der Waals surface area contributed by atoms with Gasteiger partial charge < -0.3 is 14.8 Å². The summed E-state index contributed by atoms with van der Waals surface area (Å²) < 4.78 is 24.3. The number of halogens is 1. The molecule has 1 aromatic carbocycles. The van der Waals surface area contributed by atoms with Gasteiger partial charge in [0.2, 0.25) is 0 Å². The van der Waals surface area contributed by atoms with Crippen LogP contribution in [0.2, 0.25) is 0 Å². The van der Waals surface area contributed by atoms with Crippen LogP contribution in [0.15, 0.2) is 18.2 Å². The summed E-state index contributed by atoms with van der Waals surface area (Å²) in [6.45, 7) is 7.46. The second kappa shape index (κ2) is 6.96. The fraction of sp³-hybridized carbons (Fsp3) is 0.562. The maximum atomic E-state index is 13.8. The standard InChI is InChI=1S/C16H23FN2O3/c1-16(2,3)22-15(20)19-12-4-5-13(17)14(8-12)18-9-11-6-7-21-10-11/h4-5,8,11,18H,6-7,9-10H2,1-3H3,(H,19,20). The van der Waals surface area contributed by atoms with Gasteiger partial charge in [-0.1, -0.05) is 0 Å². The molecule has 0 radical (unpaired) electrons. The molecule has 22 heavy (non-hydrogen) atoms. The molecule has 1 fully saturated rings. The van der Waals surface area contributed by atoms with Crippen molar-refractivity contribution in [2.75, 3.05) is 30.4 Å². The van der Waals surface area contributed by atoms with Gasteiger partial charge in [-0.05, 0) is 45.4 Å². The first kappa shape index (κ1) is 16.5. The summed E-state index contributed by atoms with van der Waals surface area (Å²) in [5.74, 6) is 0.0375. The van der Waals surface area contributed by atoms with E-state index in [0.717, 1.165) is 13.0 Å². The van der Waals surface area contributed by atoms with Gasteiger partial charge in [-0.25, -0.2) is 9.18 Å². The molecule has 5 nitrogen and oxygen atoms in total. The third-order valence-electron chi connectivity index (χ3n) is 3.22. The minimum absolute atomic E-state index is 0.353. The highest BCUT2D eigenvalue weighted by Gasteiger charge is 2.18. The molecule has 1 heterocycles. The Bertz CT molecular complexity index is 523. The predicted octanol–water partition coefficient (Wildman–Crippen LogP) is 3.62. The van der Waals surface area contributed by atoms with Crippen molar-refractivity contribution < 1.29 is 18.7 Å². The van der Waals surface area contributed by atoms with E-state index in [9.17, 15) is 9.18 Å². The lowest BCUT2D eigenvalue weighted by Gasteiger charge is -2.20. The van der Waals surface area contributed by atoms with E-state index in [1.807, 2.05) is 0 Å². The Labute approximate surface area is 130 Å². The zero-order valence-electron chi connectivity index (χ0n) is 13.2. The van der Waals surface area contributed by atoms with E-state index in [4.69, 9.17) is 9.47 Å². The van der Waals surface area contributed by atoms with E-state index < -0.39 is 11.7 Å². The lowest BCUT2D eigenvalue weighted by atomic mass is 10.1. The zero-order chi connectivity index (χ0) is 16.2. The van der Waals surface area contributed by atoms with Crippen LogP contribution in [0.4, 0.5) is 20.6 Å². The largest absolute Gasteiger partial charge is 0.444 e. The lowest BCUT2D eigenvalue weighted by molar-refractivity contribution is 0.0636. The fourth-order valence-corrected chi connectivity index (χ4v) is 2.16. The summed E-state index contributed by atoms with van der Waals surface area (Å²) in [5.41, 5.74) is 0.273. The van der Waals surface area contributed by atoms with E-state index >= 15 is 0 Å². The molecule has 0 aliphatic carbocycles. The van der Waals surface area contributed by atoms with Gasteiger partial charge in [0.1, 0.15) is 11.4 Å². The van der Waals surface area contributed by atoms with Crippen molar-refractivity contribution in [3.63, 3.8) is 0 Å². The molecule has 1 aliphatic heterocycles. The molecular formula is C16H23FN2O3. The average molecular weight is 310 g/mol.